The number of primary sulfonamides is 1. The van der Waals surface area contributed by atoms with Crippen LogP contribution in [0.5, 0.6) is 0 Å². The predicted octanol–water partition coefficient (Wildman–Crippen LogP) is 0.230. The molecular formula is C18H30N3O3S+. The second kappa shape index (κ2) is 9.31. The van der Waals surface area contributed by atoms with Crippen LogP contribution < -0.4 is 15.4 Å². The summed E-state index contributed by atoms with van der Waals surface area (Å²) in [6, 6.07) is 6.44. The van der Waals surface area contributed by atoms with Crippen molar-refractivity contribution in [3.8, 4) is 0 Å². The highest BCUT2D eigenvalue weighted by Crippen LogP contribution is 2.09. The van der Waals surface area contributed by atoms with Gasteiger partial charge in [-0.2, -0.15) is 0 Å². The Morgan fingerprint density at radius 1 is 1.12 bits per heavy atom. The van der Waals surface area contributed by atoms with Crippen molar-refractivity contribution in [2.45, 2.75) is 56.4 Å². The maximum absolute atomic E-state index is 12.4. The topological polar surface area (TPSA) is 93.7 Å². The van der Waals surface area contributed by atoms with Gasteiger partial charge in [-0.3, -0.25) is 4.79 Å². The minimum atomic E-state index is -3.66. The lowest BCUT2D eigenvalue weighted by Gasteiger charge is -2.26. The highest BCUT2D eigenvalue weighted by Gasteiger charge is 2.24. The highest BCUT2D eigenvalue weighted by atomic mass is 32.2. The molecule has 7 heteroatoms. The van der Waals surface area contributed by atoms with Crippen LogP contribution in [0.4, 0.5) is 0 Å². The van der Waals surface area contributed by atoms with Crippen LogP contribution in [-0.4, -0.2) is 40.0 Å². The van der Waals surface area contributed by atoms with E-state index in [1.54, 1.807) is 12.1 Å². The first-order valence-corrected chi connectivity index (χ1v) is 10.7. The zero-order valence-electron chi connectivity index (χ0n) is 15.0. The van der Waals surface area contributed by atoms with E-state index in [2.05, 4.69) is 5.32 Å². The Bertz CT molecular complexity index is 651. The van der Waals surface area contributed by atoms with Crippen LogP contribution in [0.25, 0.3) is 0 Å². The number of hydrogen-bond acceptors (Lipinski definition) is 3. The van der Waals surface area contributed by atoms with Gasteiger partial charge in [0.1, 0.15) is 0 Å². The van der Waals surface area contributed by atoms with Crippen LogP contribution in [0.3, 0.4) is 0 Å². The molecule has 4 N–H and O–H groups in total. The molecule has 1 amide bonds. The smallest absolute Gasteiger partial charge is 0.278 e. The summed E-state index contributed by atoms with van der Waals surface area (Å²) in [6.07, 6.45) is 6.92. The molecule has 1 aliphatic heterocycles. The zero-order chi connectivity index (χ0) is 18.3. The molecule has 1 atom stereocenters. The van der Waals surface area contributed by atoms with Crippen LogP contribution in [-0.2, 0) is 21.2 Å². The van der Waals surface area contributed by atoms with E-state index in [-0.39, 0.29) is 16.8 Å². The van der Waals surface area contributed by atoms with Crippen LogP contribution in [0.2, 0.25) is 0 Å². The minimum Gasteiger partial charge on any atom is -0.351 e. The lowest BCUT2D eigenvalue weighted by atomic mass is 10.1. The second-order valence-electron chi connectivity index (χ2n) is 6.88. The molecule has 0 saturated carbocycles. The molecule has 0 spiro atoms. The molecular weight excluding hydrogens is 338 g/mol. The number of nitrogens with two attached hydrogens (primary N) is 1. The Labute approximate surface area is 150 Å². The molecule has 1 aromatic carbocycles. The molecule has 0 bridgehead atoms. The first-order valence-electron chi connectivity index (χ1n) is 9.12. The predicted molar refractivity (Wildman–Crippen MR) is 97.8 cm³/mol. The van der Waals surface area contributed by atoms with Gasteiger partial charge in [-0.05, 0) is 56.7 Å². The Hall–Kier alpha value is -1.44. The van der Waals surface area contributed by atoms with E-state index in [1.165, 1.54) is 49.1 Å². The molecule has 2 rings (SSSR count). The second-order valence-corrected chi connectivity index (χ2v) is 8.44. The molecule has 0 aliphatic carbocycles. The van der Waals surface area contributed by atoms with Gasteiger partial charge in [-0.15, -0.1) is 0 Å². The molecule has 0 unspecified atom stereocenters. The normalized spacial score (nSPS) is 18.2. The van der Waals surface area contributed by atoms with Crippen molar-refractivity contribution >= 4 is 15.9 Å². The van der Waals surface area contributed by atoms with Crippen LogP contribution in [0, 0.1) is 0 Å². The van der Waals surface area contributed by atoms with Gasteiger partial charge in [0.25, 0.3) is 5.91 Å². The molecule has 1 aromatic rings. The SMILES string of the molecule is C[C@@H](C(=O)NCCc1ccc(S(N)(=O)=O)cc1)[NH+]1CCCCCCC1. The van der Waals surface area contributed by atoms with Gasteiger partial charge >= 0.3 is 0 Å². The molecule has 0 radical (unpaired) electrons. The summed E-state index contributed by atoms with van der Waals surface area (Å²) in [5, 5.41) is 8.09. The molecule has 1 heterocycles. The third kappa shape index (κ3) is 6.41. The number of carbonyl (C=O) groups is 1. The molecule has 140 valence electrons. The summed E-state index contributed by atoms with van der Waals surface area (Å²) in [4.78, 5) is 13.9. The van der Waals surface area contributed by atoms with Crippen LogP contribution in [0.15, 0.2) is 29.2 Å². The van der Waals surface area contributed by atoms with E-state index in [1.807, 2.05) is 6.92 Å². The fourth-order valence-electron chi connectivity index (χ4n) is 3.31. The van der Waals surface area contributed by atoms with E-state index in [4.69, 9.17) is 5.14 Å². The van der Waals surface area contributed by atoms with E-state index >= 15 is 0 Å². The lowest BCUT2D eigenvalue weighted by molar-refractivity contribution is -0.915. The fourth-order valence-corrected chi connectivity index (χ4v) is 3.82. The number of carbonyl (C=O) groups excluding carboxylic acids is 1. The Morgan fingerprint density at radius 2 is 1.68 bits per heavy atom. The summed E-state index contributed by atoms with van der Waals surface area (Å²) >= 11 is 0. The largest absolute Gasteiger partial charge is 0.351 e. The van der Waals surface area contributed by atoms with Gasteiger partial charge in [0.05, 0.1) is 18.0 Å². The van der Waals surface area contributed by atoms with Gasteiger partial charge < -0.3 is 10.2 Å². The monoisotopic (exact) mass is 368 g/mol. The molecule has 1 saturated heterocycles. The summed E-state index contributed by atoms with van der Waals surface area (Å²) in [5.74, 6) is 0.0942. The number of hydrogen-bond donors (Lipinski definition) is 3. The molecule has 6 nitrogen and oxygen atoms in total. The first kappa shape index (κ1) is 19.9. The summed E-state index contributed by atoms with van der Waals surface area (Å²) in [6.45, 7) is 4.70. The molecule has 0 aromatic heterocycles. The van der Waals surface area contributed by atoms with E-state index in [0.717, 1.165) is 18.7 Å². The third-order valence-corrected chi connectivity index (χ3v) is 5.90. The number of likely N-dealkylation sites (tertiary alicyclic amines) is 1. The van der Waals surface area contributed by atoms with Crippen LogP contribution in [0.1, 0.15) is 44.6 Å². The number of rotatable bonds is 6. The maximum atomic E-state index is 12.4. The number of benzene rings is 1. The standard InChI is InChI=1S/C18H29N3O3S/c1-15(21-13-5-3-2-4-6-14-21)18(22)20-12-11-16-7-9-17(10-8-16)25(19,23)24/h7-10,15H,2-6,11-14H2,1H3,(H,20,22)(H2,19,23,24)/p+1/t15-/m0/s1. The Balaban J connectivity index is 1.79. The van der Waals surface area contributed by atoms with Crippen molar-refractivity contribution in [2.75, 3.05) is 19.6 Å². The average molecular weight is 369 g/mol. The Morgan fingerprint density at radius 3 is 2.24 bits per heavy atom. The van der Waals surface area contributed by atoms with E-state index in [9.17, 15) is 13.2 Å². The maximum Gasteiger partial charge on any atom is 0.278 e. The van der Waals surface area contributed by atoms with Crippen molar-refractivity contribution in [3.63, 3.8) is 0 Å². The minimum absolute atomic E-state index is 0.0251. The van der Waals surface area contributed by atoms with Gasteiger partial charge in [0.2, 0.25) is 10.0 Å². The molecule has 1 aliphatic rings. The van der Waals surface area contributed by atoms with Gasteiger partial charge in [0, 0.05) is 6.54 Å². The quantitative estimate of drug-likeness (QED) is 0.671. The van der Waals surface area contributed by atoms with Crippen molar-refractivity contribution in [2.24, 2.45) is 5.14 Å². The first-order chi connectivity index (χ1) is 11.9. The number of amides is 1. The van der Waals surface area contributed by atoms with Gasteiger partial charge in [0.15, 0.2) is 6.04 Å². The van der Waals surface area contributed by atoms with Crippen molar-refractivity contribution < 1.29 is 18.1 Å². The lowest BCUT2D eigenvalue weighted by Crippen LogP contribution is -3.16. The highest BCUT2D eigenvalue weighted by molar-refractivity contribution is 7.89. The molecule has 1 fully saturated rings. The van der Waals surface area contributed by atoms with Crippen LogP contribution >= 0.6 is 0 Å². The van der Waals surface area contributed by atoms with Crippen molar-refractivity contribution in [3.05, 3.63) is 29.8 Å². The fraction of sp³-hybridized carbons (Fsp3) is 0.611. The third-order valence-electron chi connectivity index (χ3n) is 4.97. The summed E-state index contributed by atoms with van der Waals surface area (Å²) in [5.41, 5.74) is 0.971. The van der Waals surface area contributed by atoms with Crippen molar-refractivity contribution in [1.82, 2.24) is 5.32 Å². The number of nitrogens with one attached hydrogen (secondary N) is 2. The summed E-state index contributed by atoms with van der Waals surface area (Å²) in [7, 11) is -3.66. The van der Waals surface area contributed by atoms with Crippen molar-refractivity contribution in [1.29, 1.82) is 0 Å². The van der Waals surface area contributed by atoms with E-state index in [0.29, 0.717) is 13.0 Å². The molecule has 25 heavy (non-hydrogen) atoms. The zero-order valence-corrected chi connectivity index (χ0v) is 15.8. The average Bonchev–Trinajstić information content (AvgIpc) is 2.53. The summed E-state index contributed by atoms with van der Waals surface area (Å²) < 4.78 is 22.5. The van der Waals surface area contributed by atoms with E-state index < -0.39 is 10.0 Å². The number of quaternary nitrogens is 1. The van der Waals surface area contributed by atoms with Gasteiger partial charge in [-0.1, -0.05) is 18.6 Å². The number of sulfonamides is 1. The van der Waals surface area contributed by atoms with Gasteiger partial charge in [-0.25, -0.2) is 13.6 Å². The Kier molecular flexibility index (Phi) is 7.40.